The summed E-state index contributed by atoms with van der Waals surface area (Å²) in [4.78, 5) is 10.6. The molecule has 0 aliphatic carbocycles. The van der Waals surface area contributed by atoms with Gasteiger partial charge in [0.05, 0.1) is 5.76 Å². The number of aliphatic hydroxyl groups excluding tert-OH is 1. The molecule has 0 amide bonds. The summed E-state index contributed by atoms with van der Waals surface area (Å²) in [7, 11) is 0. The molecule has 2 heteroatoms. The van der Waals surface area contributed by atoms with Gasteiger partial charge in [-0.3, -0.25) is 4.79 Å². The molecule has 1 N–H and O–H groups in total. The molecule has 0 aliphatic heterocycles. The van der Waals surface area contributed by atoms with Gasteiger partial charge in [0, 0.05) is 12.5 Å². The van der Waals surface area contributed by atoms with E-state index in [1.165, 1.54) is 45.1 Å². The van der Waals surface area contributed by atoms with Gasteiger partial charge in [-0.25, -0.2) is 0 Å². The molecule has 0 aromatic rings. The first kappa shape index (κ1) is 14.2. The SMILES string of the molecule is CCCCCCCCCC(O)=CC(C)=O. The van der Waals surface area contributed by atoms with Crippen molar-refractivity contribution in [2.75, 3.05) is 0 Å². The average Bonchev–Trinajstić information content (AvgIpc) is 2.15. The Bertz CT molecular complexity index is 195. The molecule has 0 aromatic carbocycles. The van der Waals surface area contributed by atoms with Crippen molar-refractivity contribution < 1.29 is 9.90 Å². The number of carbonyl (C=O) groups excluding carboxylic acids is 1. The van der Waals surface area contributed by atoms with Crippen LogP contribution < -0.4 is 0 Å². The molecule has 0 spiro atoms. The van der Waals surface area contributed by atoms with Crippen LogP contribution in [0.1, 0.15) is 65.2 Å². The number of unbranched alkanes of at least 4 members (excludes halogenated alkanes) is 6. The van der Waals surface area contributed by atoms with E-state index in [1.807, 2.05) is 0 Å². The minimum absolute atomic E-state index is 0.0737. The molecular weight excluding hydrogens is 188 g/mol. The zero-order valence-electron chi connectivity index (χ0n) is 10.1. The lowest BCUT2D eigenvalue weighted by molar-refractivity contribution is -0.112. The molecule has 0 unspecified atom stereocenters. The Morgan fingerprint density at radius 2 is 1.60 bits per heavy atom. The number of rotatable bonds is 9. The second-order valence-corrected chi connectivity index (χ2v) is 4.12. The molecule has 0 atom stereocenters. The van der Waals surface area contributed by atoms with Crippen molar-refractivity contribution >= 4 is 5.78 Å². The van der Waals surface area contributed by atoms with E-state index < -0.39 is 0 Å². The number of ketones is 1. The monoisotopic (exact) mass is 212 g/mol. The fraction of sp³-hybridized carbons (Fsp3) is 0.769. The molecule has 0 aliphatic rings. The maximum Gasteiger partial charge on any atom is 0.155 e. The van der Waals surface area contributed by atoms with Crippen LogP contribution in [0, 0.1) is 0 Å². The largest absolute Gasteiger partial charge is 0.512 e. The van der Waals surface area contributed by atoms with Crippen LogP contribution in [-0.4, -0.2) is 10.9 Å². The lowest BCUT2D eigenvalue weighted by Gasteiger charge is -2.01. The van der Waals surface area contributed by atoms with Gasteiger partial charge in [0.15, 0.2) is 5.78 Å². The summed E-state index contributed by atoms with van der Waals surface area (Å²) in [5, 5.41) is 9.30. The van der Waals surface area contributed by atoms with Crippen LogP contribution in [0.5, 0.6) is 0 Å². The third-order valence-corrected chi connectivity index (χ3v) is 2.41. The molecule has 0 aromatic heterocycles. The van der Waals surface area contributed by atoms with Gasteiger partial charge >= 0.3 is 0 Å². The zero-order chi connectivity index (χ0) is 11.5. The van der Waals surface area contributed by atoms with Crippen LogP contribution in [0.2, 0.25) is 0 Å². The number of hydrogen-bond donors (Lipinski definition) is 1. The van der Waals surface area contributed by atoms with Crippen molar-refractivity contribution in [3.05, 3.63) is 11.8 Å². The van der Waals surface area contributed by atoms with Crippen molar-refractivity contribution in [1.82, 2.24) is 0 Å². The van der Waals surface area contributed by atoms with Gasteiger partial charge in [-0.1, -0.05) is 45.4 Å². The number of aliphatic hydroxyl groups is 1. The summed E-state index contributed by atoms with van der Waals surface area (Å²) in [6.45, 7) is 3.67. The third kappa shape index (κ3) is 11.1. The average molecular weight is 212 g/mol. The number of hydrogen-bond acceptors (Lipinski definition) is 2. The van der Waals surface area contributed by atoms with Crippen molar-refractivity contribution in [2.24, 2.45) is 0 Å². The highest BCUT2D eigenvalue weighted by molar-refractivity contribution is 5.87. The molecule has 0 saturated heterocycles. The fourth-order valence-electron chi connectivity index (χ4n) is 1.57. The van der Waals surface area contributed by atoms with E-state index in [-0.39, 0.29) is 11.5 Å². The first-order valence-corrected chi connectivity index (χ1v) is 6.07. The Labute approximate surface area is 93.4 Å². The van der Waals surface area contributed by atoms with Crippen LogP contribution in [0.15, 0.2) is 11.8 Å². The van der Waals surface area contributed by atoms with Crippen LogP contribution in [-0.2, 0) is 4.79 Å². The van der Waals surface area contributed by atoms with Gasteiger partial charge < -0.3 is 5.11 Å². The standard InChI is InChI=1S/C13H24O2/c1-3-4-5-6-7-8-9-10-13(15)11-12(2)14/h11,15H,3-10H2,1-2H3. The smallest absolute Gasteiger partial charge is 0.155 e. The van der Waals surface area contributed by atoms with Gasteiger partial charge in [-0.05, 0) is 13.3 Å². The molecule has 0 heterocycles. The van der Waals surface area contributed by atoms with Crippen LogP contribution in [0.4, 0.5) is 0 Å². The van der Waals surface area contributed by atoms with Crippen LogP contribution in [0.3, 0.4) is 0 Å². The molecule has 88 valence electrons. The Balaban J connectivity index is 3.27. The highest BCUT2D eigenvalue weighted by Crippen LogP contribution is 2.10. The minimum atomic E-state index is -0.0737. The van der Waals surface area contributed by atoms with Crippen LogP contribution >= 0.6 is 0 Å². The van der Waals surface area contributed by atoms with Crippen LogP contribution in [0.25, 0.3) is 0 Å². The van der Waals surface area contributed by atoms with Gasteiger partial charge in [0.1, 0.15) is 0 Å². The normalized spacial score (nSPS) is 11.7. The van der Waals surface area contributed by atoms with Gasteiger partial charge in [0.2, 0.25) is 0 Å². The highest BCUT2D eigenvalue weighted by atomic mass is 16.3. The quantitative estimate of drug-likeness (QED) is 0.354. The summed E-state index contributed by atoms with van der Waals surface area (Å²) in [5.41, 5.74) is 0. The Morgan fingerprint density at radius 1 is 1.07 bits per heavy atom. The highest BCUT2D eigenvalue weighted by Gasteiger charge is 1.96. The third-order valence-electron chi connectivity index (χ3n) is 2.41. The maximum atomic E-state index is 10.6. The Kier molecular flexibility index (Phi) is 9.24. The summed E-state index contributed by atoms with van der Waals surface area (Å²) < 4.78 is 0. The van der Waals surface area contributed by atoms with Gasteiger partial charge in [-0.2, -0.15) is 0 Å². The molecule has 0 rings (SSSR count). The Hall–Kier alpha value is -0.790. The lowest BCUT2D eigenvalue weighted by Crippen LogP contribution is -1.89. The van der Waals surface area contributed by atoms with E-state index in [1.54, 1.807) is 0 Å². The molecule has 2 nitrogen and oxygen atoms in total. The van der Waals surface area contributed by atoms with E-state index in [2.05, 4.69) is 6.92 Å². The fourth-order valence-corrected chi connectivity index (χ4v) is 1.57. The van der Waals surface area contributed by atoms with E-state index in [4.69, 9.17) is 0 Å². The van der Waals surface area contributed by atoms with Crippen molar-refractivity contribution in [2.45, 2.75) is 65.2 Å². The topological polar surface area (TPSA) is 37.3 Å². The second-order valence-electron chi connectivity index (χ2n) is 4.12. The summed E-state index contributed by atoms with van der Waals surface area (Å²) in [5.74, 6) is 0.159. The van der Waals surface area contributed by atoms with Crippen molar-refractivity contribution in [3.8, 4) is 0 Å². The minimum Gasteiger partial charge on any atom is -0.512 e. The van der Waals surface area contributed by atoms with E-state index >= 15 is 0 Å². The molecule has 0 saturated carbocycles. The molecule has 0 bridgehead atoms. The first-order valence-electron chi connectivity index (χ1n) is 6.07. The number of carbonyl (C=O) groups is 1. The summed E-state index contributed by atoms with van der Waals surface area (Å²) >= 11 is 0. The predicted octanol–water partition coefficient (Wildman–Crippen LogP) is 4.16. The maximum absolute atomic E-state index is 10.6. The number of allylic oxidation sites excluding steroid dienone is 2. The molecule has 15 heavy (non-hydrogen) atoms. The van der Waals surface area contributed by atoms with Crippen molar-refractivity contribution in [1.29, 1.82) is 0 Å². The van der Waals surface area contributed by atoms with Gasteiger partial charge in [-0.15, -0.1) is 0 Å². The Morgan fingerprint density at radius 3 is 2.13 bits per heavy atom. The second kappa shape index (κ2) is 9.75. The van der Waals surface area contributed by atoms with Crippen molar-refractivity contribution in [3.63, 3.8) is 0 Å². The van der Waals surface area contributed by atoms with Gasteiger partial charge in [0.25, 0.3) is 0 Å². The van der Waals surface area contributed by atoms with E-state index in [9.17, 15) is 9.90 Å². The first-order chi connectivity index (χ1) is 7.16. The van der Waals surface area contributed by atoms with E-state index in [0.717, 1.165) is 12.8 Å². The molecular formula is C13H24O2. The summed E-state index contributed by atoms with van der Waals surface area (Å²) in [6, 6.07) is 0. The van der Waals surface area contributed by atoms with E-state index in [0.29, 0.717) is 6.42 Å². The molecule has 0 radical (unpaired) electrons. The molecule has 0 fully saturated rings. The predicted molar refractivity (Wildman–Crippen MR) is 64.0 cm³/mol. The summed E-state index contributed by atoms with van der Waals surface area (Å²) in [6.07, 6.45) is 10.6. The lowest BCUT2D eigenvalue weighted by atomic mass is 10.1. The zero-order valence-corrected chi connectivity index (χ0v) is 10.1.